The van der Waals surface area contributed by atoms with Gasteiger partial charge < -0.3 is 20.3 Å². The molecule has 0 aliphatic rings. The predicted octanol–water partition coefficient (Wildman–Crippen LogP) is 5.57. The maximum Gasteiger partial charge on any atom is 0.246 e. The number of ether oxygens (including phenoxy) is 1. The average molecular weight is 592 g/mol. The fourth-order valence-corrected chi connectivity index (χ4v) is 4.44. The molecule has 11 heteroatoms. The molecule has 0 atom stereocenters. The Balaban J connectivity index is 1.35. The molecule has 0 spiro atoms. The Hall–Kier alpha value is -4.47. The molecule has 0 fully saturated rings. The van der Waals surface area contributed by atoms with Crippen molar-refractivity contribution in [1.82, 2.24) is 15.3 Å². The lowest BCUT2D eigenvalue weighted by atomic mass is 10.1. The molecule has 0 radical (unpaired) electrons. The number of nitrogens with one attached hydrogen (secondary N) is 2. The number of carbonyl (C=O) groups excluding carboxylic acids is 3. The first-order valence-electron chi connectivity index (χ1n) is 12.5. The summed E-state index contributed by atoms with van der Waals surface area (Å²) in [5, 5.41) is 6.73. The van der Waals surface area contributed by atoms with E-state index in [1.807, 2.05) is 37.3 Å². The SMILES string of the molecule is CC(=O)Nc1ccc(C=CC(=O)NCC(=O)N(C)c2ccc(Cl)c(COc3ccc4nc(C)ccc4c3)c2Cl)cn1. The van der Waals surface area contributed by atoms with Crippen molar-refractivity contribution in [2.24, 2.45) is 0 Å². The fraction of sp³-hybridized carbons (Fsp3) is 0.167. The van der Waals surface area contributed by atoms with Crippen molar-refractivity contribution < 1.29 is 19.1 Å². The molecular formula is C30H27Cl2N5O4. The number of aryl methyl sites for hydroxylation is 1. The smallest absolute Gasteiger partial charge is 0.246 e. The number of hydrogen-bond donors (Lipinski definition) is 2. The third-order valence-electron chi connectivity index (χ3n) is 6.02. The summed E-state index contributed by atoms with van der Waals surface area (Å²) in [4.78, 5) is 46.1. The van der Waals surface area contributed by atoms with E-state index in [1.54, 1.807) is 37.4 Å². The number of anilines is 2. The quantitative estimate of drug-likeness (QED) is 0.246. The highest BCUT2D eigenvalue weighted by Crippen LogP contribution is 2.35. The van der Waals surface area contributed by atoms with Crippen molar-refractivity contribution in [3.05, 3.63) is 93.7 Å². The van der Waals surface area contributed by atoms with Gasteiger partial charge in [-0.05, 0) is 67.1 Å². The zero-order valence-electron chi connectivity index (χ0n) is 22.6. The lowest BCUT2D eigenvalue weighted by Gasteiger charge is -2.21. The van der Waals surface area contributed by atoms with E-state index in [2.05, 4.69) is 20.6 Å². The van der Waals surface area contributed by atoms with Crippen LogP contribution in [0.4, 0.5) is 11.5 Å². The van der Waals surface area contributed by atoms with Crippen molar-refractivity contribution in [3.63, 3.8) is 0 Å². The summed E-state index contributed by atoms with van der Waals surface area (Å²) in [6.07, 6.45) is 4.34. The maximum absolute atomic E-state index is 12.8. The van der Waals surface area contributed by atoms with Gasteiger partial charge in [0.25, 0.3) is 0 Å². The Morgan fingerprint density at radius 1 is 1.05 bits per heavy atom. The van der Waals surface area contributed by atoms with Crippen LogP contribution in [0.1, 0.15) is 23.7 Å². The van der Waals surface area contributed by atoms with E-state index in [-0.39, 0.29) is 30.0 Å². The number of likely N-dealkylation sites (N-methyl/N-ethyl adjacent to an activating group) is 1. The van der Waals surface area contributed by atoms with Gasteiger partial charge in [0, 0.05) is 47.9 Å². The molecule has 2 N–H and O–H groups in total. The van der Waals surface area contributed by atoms with Crippen LogP contribution < -0.4 is 20.3 Å². The number of amides is 3. The molecule has 0 saturated carbocycles. The van der Waals surface area contributed by atoms with Gasteiger partial charge in [-0.2, -0.15) is 0 Å². The molecule has 0 aliphatic heterocycles. The molecule has 4 aromatic rings. The summed E-state index contributed by atoms with van der Waals surface area (Å²) in [6, 6.07) is 16.1. The molecule has 4 rings (SSSR count). The zero-order chi connectivity index (χ0) is 29.5. The largest absolute Gasteiger partial charge is 0.489 e. The van der Waals surface area contributed by atoms with Crippen molar-refractivity contribution in [2.75, 3.05) is 23.8 Å². The van der Waals surface area contributed by atoms with Crippen LogP contribution in [0.2, 0.25) is 10.0 Å². The summed E-state index contributed by atoms with van der Waals surface area (Å²) in [6.45, 7) is 3.15. The van der Waals surface area contributed by atoms with Crippen LogP contribution in [0.5, 0.6) is 5.75 Å². The summed E-state index contributed by atoms with van der Waals surface area (Å²) >= 11 is 13.1. The summed E-state index contributed by atoms with van der Waals surface area (Å²) in [5.74, 6) is -0.0468. The van der Waals surface area contributed by atoms with Crippen molar-refractivity contribution >= 4 is 69.4 Å². The monoisotopic (exact) mass is 591 g/mol. The Bertz CT molecular complexity index is 1640. The molecule has 2 aromatic carbocycles. The van der Waals surface area contributed by atoms with E-state index in [0.29, 0.717) is 33.4 Å². The van der Waals surface area contributed by atoms with Gasteiger partial charge in [0.1, 0.15) is 18.2 Å². The lowest BCUT2D eigenvalue weighted by Crippen LogP contribution is -2.37. The number of rotatable bonds is 9. The molecule has 0 saturated heterocycles. The minimum absolute atomic E-state index is 0.0838. The normalized spacial score (nSPS) is 11.0. The Kier molecular flexibility index (Phi) is 9.54. The molecule has 0 unspecified atom stereocenters. The van der Waals surface area contributed by atoms with Crippen LogP contribution in [-0.4, -0.2) is 41.3 Å². The molecule has 2 heterocycles. The number of hydrogen-bond acceptors (Lipinski definition) is 6. The van der Waals surface area contributed by atoms with Crippen LogP contribution in [0.25, 0.3) is 17.0 Å². The molecule has 210 valence electrons. The number of aromatic nitrogens is 2. The summed E-state index contributed by atoms with van der Waals surface area (Å²) in [7, 11) is 1.56. The van der Waals surface area contributed by atoms with Gasteiger partial charge in [-0.15, -0.1) is 0 Å². The standard InChI is InChI=1S/C30H27Cl2N5O4/c1-18-4-7-21-14-22(8-10-25(21)35-18)41-17-23-24(31)9-11-26(30(23)32)37(3)29(40)16-34-28(39)13-6-20-5-12-27(33-15-20)36-19(2)38/h4-15H,16-17H2,1-3H3,(H,34,39)(H,33,36,38). The number of carbonyl (C=O) groups is 3. The molecular weight excluding hydrogens is 565 g/mol. The Labute approximate surface area is 247 Å². The van der Waals surface area contributed by atoms with Crippen LogP contribution in [0.3, 0.4) is 0 Å². The second-order valence-corrected chi connectivity index (χ2v) is 9.90. The molecule has 0 aliphatic carbocycles. The molecule has 0 bridgehead atoms. The molecule has 9 nitrogen and oxygen atoms in total. The van der Waals surface area contributed by atoms with Crippen LogP contribution in [0, 0.1) is 6.92 Å². The molecule has 41 heavy (non-hydrogen) atoms. The van der Waals surface area contributed by atoms with Crippen LogP contribution in [0.15, 0.2) is 66.9 Å². The highest BCUT2D eigenvalue weighted by Gasteiger charge is 2.19. The van der Waals surface area contributed by atoms with Crippen LogP contribution in [-0.2, 0) is 21.0 Å². The van der Waals surface area contributed by atoms with Gasteiger partial charge in [-0.3, -0.25) is 19.4 Å². The van der Waals surface area contributed by atoms with E-state index >= 15 is 0 Å². The third-order valence-corrected chi connectivity index (χ3v) is 6.79. The second-order valence-electron chi connectivity index (χ2n) is 9.12. The van der Waals surface area contributed by atoms with E-state index in [4.69, 9.17) is 27.9 Å². The van der Waals surface area contributed by atoms with E-state index < -0.39 is 5.91 Å². The minimum Gasteiger partial charge on any atom is -0.489 e. The van der Waals surface area contributed by atoms with Gasteiger partial charge >= 0.3 is 0 Å². The highest BCUT2D eigenvalue weighted by molar-refractivity contribution is 6.38. The first kappa shape index (κ1) is 29.5. The first-order valence-corrected chi connectivity index (χ1v) is 13.3. The number of benzene rings is 2. The summed E-state index contributed by atoms with van der Waals surface area (Å²) in [5.41, 5.74) is 3.40. The third kappa shape index (κ3) is 7.81. The zero-order valence-corrected chi connectivity index (χ0v) is 24.1. The Morgan fingerprint density at radius 3 is 2.59 bits per heavy atom. The number of pyridine rings is 2. The van der Waals surface area contributed by atoms with Gasteiger partial charge in [0.2, 0.25) is 17.7 Å². The first-order chi connectivity index (χ1) is 19.6. The Morgan fingerprint density at radius 2 is 1.85 bits per heavy atom. The highest BCUT2D eigenvalue weighted by atomic mass is 35.5. The van der Waals surface area contributed by atoms with Gasteiger partial charge in [0.15, 0.2) is 0 Å². The predicted molar refractivity (Wildman–Crippen MR) is 161 cm³/mol. The number of halogens is 2. The van der Waals surface area contributed by atoms with Crippen molar-refractivity contribution in [3.8, 4) is 5.75 Å². The van der Waals surface area contributed by atoms with Gasteiger partial charge in [-0.25, -0.2) is 4.98 Å². The van der Waals surface area contributed by atoms with Gasteiger partial charge in [-0.1, -0.05) is 29.3 Å². The van der Waals surface area contributed by atoms with E-state index in [0.717, 1.165) is 16.6 Å². The van der Waals surface area contributed by atoms with Crippen molar-refractivity contribution in [2.45, 2.75) is 20.5 Å². The fourth-order valence-electron chi connectivity index (χ4n) is 3.83. The number of nitrogens with zero attached hydrogens (tertiary/aromatic N) is 3. The van der Waals surface area contributed by atoms with Crippen molar-refractivity contribution in [1.29, 1.82) is 0 Å². The van der Waals surface area contributed by atoms with E-state index in [1.165, 1.54) is 24.1 Å². The second kappa shape index (κ2) is 13.3. The lowest BCUT2D eigenvalue weighted by molar-refractivity contribution is -0.122. The summed E-state index contributed by atoms with van der Waals surface area (Å²) < 4.78 is 5.97. The van der Waals surface area contributed by atoms with Crippen LogP contribution >= 0.6 is 23.2 Å². The maximum atomic E-state index is 12.8. The van der Waals surface area contributed by atoms with Gasteiger partial charge in [0.05, 0.1) is 22.8 Å². The average Bonchev–Trinajstić information content (AvgIpc) is 2.94. The van der Waals surface area contributed by atoms with E-state index in [9.17, 15) is 14.4 Å². The topological polar surface area (TPSA) is 114 Å². The number of fused-ring (bicyclic) bond motifs is 1. The molecule has 2 aromatic heterocycles. The molecule has 3 amide bonds. The minimum atomic E-state index is -0.463.